The molecule has 1 aliphatic heterocycles. The van der Waals surface area contributed by atoms with Gasteiger partial charge in [-0.05, 0) is 68.5 Å². The number of methoxy groups -OCH3 is 1. The molecule has 3 rings (SSSR count). The van der Waals surface area contributed by atoms with E-state index in [9.17, 15) is 13.2 Å². The molecule has 1 fully saturated rings. The predicted molar refractivity (Wildman–Crippen MR) is 146 cm³/mol. The third kappa shape index (κ3) is 8.03. The molecule has 200 valence electrons. The summed E-state index contributed by atoms with van der Waals surface area (Å²) in [4.78, 5) is 13.3. The average Bonchev–Trinajstić information content (AvgIpc) is 3.25. The maximum absolute atomic E-state index is 13.3. The molecule has 2 N–H and O–H groups in total. The number of carbonyl (C=O) groups excluding carboxylic acids is 1. The van der Waals surface area contributed by atoms with Crippen LogP contribution < -0.4 is 15.4 Å². The Bertz CT molecular complexity index is 1070. The topological polar surface area (TPSA) is 87.7 Å². The third-order valence-electron chi connectivity index (χ3n) is 6.91. The number of hydrogen-bond acceptors (Lipinski definition) is 6. The highest BCUT2D eigenvalue weighted by Crippen LogP contribution is 2.27. The van der Waals surface area contributed by atoms with E-state index >= 15 is 0 Å². The van der Waals surface area contributed by atoms with Crippen LogP contribution in [0.25, 0.3) is 0 Å². The molecule has 1 aromatic carbocycles. The first-order valence-electron chi connectivity index (χ1n) is 13.1. The number of ether oxygens (including phenoxy) is 1. The summed E-state index contributed by atoms with van der Waals surface area (Å²) in [5, 5.41) is 6.58. The van der Waals surface area contributed by atoms with Crippen LogP contribution >= 0.6 is 11.3 Å². The minimum atomic E-state index is -3.54. The molecule has 2 heterocycles. The Morgan fingerprint density at radius 3 is 2.78 bits per heavy atom. The van der Waals surface area contributed by atoms with E-state index in [1.54, 1.807) is 47.8 Å². The molecule has 0 bridgehead atoms. The van der Waals surface area contributed by atoms with Gasteiger partial charge in [0.15, 0.2) is 0 Å². The lowest BCUT2D eigenvalue weighted by molar-refractivity contribution is 0.0951. The van der Waals surface area contributed by atoms with E-state index < -0.39 is 10.0 Å². The van der Waals surface area contributed by atoms with Crippen molar-refractivity contribution in [3.05, 3.63) is 46.8 Å². The maximum Gasteiger partial charge on any atom is 0.252 e. The molecule has 0 radical (unpaired) electrons. The minimum Gasteiger partial charge on any atom is -0.497 e. The highest BCUT2D eigenvalue weighted by Gasteiger charge is 2.29. The van der Waals surface area contributed by atoms with Gasteiger partial charge in [-0.15, -0.1) is 11.3 Å². The zero-order valence-electron chi connectivity index (χ0n) is 21.8. The van der Waals surface area contributed by atoms with Crippen LogP contribution in [0.4, 0.5) is 0 Å². The molecule has 36 heavy (non-hydrogen) atoms. The summed E-state index contributed by atoms with van der Waals surface area (Å²) < 4.78 is 33.8. The standard InChI is InChI=1S/C27H41N3O4S2/c1-4-6-9-21(5-2)19-28-23-11-8-16-30(17-15-23)36(32,33)26-14-13-25(35-26)20-29-27(31)22-10-7-12-24(18-22)34-3/h7,10,12-14,18,21,23,28H,4-6,8-9,11,15-17,19-20H2,1-3H3,(H,29,31). The number of sulfonamides is 1. The maximum atomic E-state index is 13.3. The molecule has 2 atom stereocenters. The summed E-state index contributed by atoms with van der Waals surface area (Å²) in [5.74, 6) is 1.09. The number of hydrogen-bond donors (Lipinski definition) is 2. The molecule has 2 unspecified atom stereocenters. The molecule has 0 aliphatic carbocycles. The Morgan fingerprint density at radius 1 is 1.19 bits per heavy atom. The average molecular weight is 536 g/mol. The number of unbranched alkanes of at least 4 members (excludes halogenated alkanes) is 1. The van der Waals surface area contributed by atoms with Gasteiger partial charge in [0, 0.05) is 29.6 Å². The zero-order valence-corrected chi connectivity index (χ0v) is 23.4. The molecule has 7 nitrogen and oxygen atoms in total. The summed E-state index contributed by atoms with van der Waals surface area (Å²) in [6.45, 7) is 6.86. The van der Waals surface area contributed by atoms with Gasteiger partial charge in [0.25, 0.3) is 15.9 Å². The van der Waals surface area contributed by atoms with Crippen LogP contribution in [-0.2, 0) is 16.6 Å². The Hall–Kier alpha value is -1.94. The van der Waals surface area contributed by atoms with Crippen LogP contribution in [0.5, 0.6) is 5.75 Å². The van der Waals surface area contributed by atoms with Crippen molar-refractivity contribution in [2.75, 3.05) is 26.7 Å². The lowest BCUT2D eigenvalue weighted by Gasteiger charge is -2.22. The van der Waals surface area contributed by atoms with Crippen molar-refractivity contribution in [3.8, 4) is 5.75 Å². The summed E-state index contributed by atoms with van der Waals surface area (Å²) in [5.41, 5.74) is 0.502. The largest absolute Gasteiger partial charge is 0.497 e. The van der Waals surface area contributed by atoms with Gasteiger partial charge in [0.1, 0.15) is 9.96 Å². The number of benzene rings is 1. The van der Waals surface area contributed by atoms with E-state index in [4.69, 9.17) is 4.74 Å². The number of thiophene rings is 1. The summed E-state index contributed by atoms with van der Waals surface area (Å²) in [7, 11) is -1.98. The fourth-order valence-corrected chi connectivity index (χ4v) is 7.49. The molecule has 1 aromatic heterocycles. The molecule has 1 saturated heterocycles. The molecule has 1 amide bonds. The van der Waals surface area contributed by atoms with Gasteiger partial charge < -0.3 is 15.4 Å². The predicted octanol–water partition coefficient (Wildman–Crippen LogP) is 5.04. The van der Waals surface area contributed by atoms with E-state index in [2.05, 4.69) is 24.5 Å². The zero-order chi connectivity index (χ0) is 26.0. The van der Waals surface area contributed by atoms with Gasteiger partial charge >= 0.3 is 0 Å². The molecule has 0 saturated carbocycles. The summed E-state index contributed by atoms with van der Waals surface area (Å²) in [6, 6.07) is 10.8. The Morgan fingerprint density at radius 2 is 2.03 bits per heavy atom. The van der Waals surface area contributed by atoms with Gasteiger partial charge in [-0.2, -0.15) is 4.31 Å². The molecular weight excluding hydrogens is 494 g/mol. The van der Waals surface area contributed by atoms with E-state index in [-0.39, 0.29) is 12.5 Å². The van der Waals surface area contributed by atoms with Gasteiger partial charge in [0.05, 0.1) is 13.7 Å². The van der Waals surface area contributed by atoms with Gasteiger partial charge in [-0.25, -0.2) is 8.42 Å². The van der Waals surface area contributed by atoms with Crippen LogP contribution in [0.2, 0.25) is 0 Å². The van der Waals surface area contributed by atoms with Crippen molar-refractivity contribution in [1.82, 2.24) is 14.9 Å². The van der Waals surface area contributed by atoms with Crippen LogP contribution in [0, 0.1) is 5.92 Å². The fraction of sp³-hybridized carbons (Fsp3) is 0.593. The van der Waals surface area contributed by atoms with Crippen molar-refractivity contribution < 1.29 is 17.9 Å². The first-order chi connectivity index (χ1) is 17.4. The van der Waals surface area contributed by atoms with Crippen molar-refractivity contribution >= 4 is 27.3 Å². The van der Waals surface area contributed by atoms with Gasteiger partial charge in [0.2, 0.25) is 0 Å². The SMILES string of the molecule is CCCCC(CC)CNC1CCCN(S(=O)(=O)c2ccc(CNC(=O)c3cccc(OC)c3)s2)CC1. The quantitative estimate of drug-likeness (QED) is 0.375. The van der Waals surface area contributed by atoms with E-state index in [1.165, 1.54) is 37.0 Å². The van der Waals surface area contributed by atoms with Gasteiger partial charge in [-0.3, -0.25) is 4.79 Å². The van der Waals surface area contributed by atoms with Crippen LogP contribution in [0.1, 0.15) is 74.0 Å². The minimum absolute atomic E-state index is 0.224. The number of rotatable bonds is 13. The molecular formula is C27H41N3O4S2. The molecule has 9 heteroatoms. The van der Waals surface area contributed by atoms with Crippen LogP contribution in [-0.4, -0.2) is 51.4 Å². The molecule has 2 aromatic rings. The normalized spacial score (nSPS) is 17.9. The number of nitrogens with zero attached hydrogens (tertiary/aromatic N) is 1. The second kappa shape index (κ2) is 14.1. The first-order valence-corrected chi connectivity index (χ1v) is 15.4. The van der Waals surface area contributed by atoms with E-state index in [0.29, 0.717) is 40.6 Å². The number of nitrogens with one attached hydrogen (secondary N) is 2. The van der Waals surface area contributed by atoms with E-state index in [1.807, 2.05) is 0 Å². The van der Waals surface area contributed by atoms with Crippen molar-refractivity contribution in [2.45, 2.75) is 75.6 Å². The fourth-order valence-electron chi connectivity index (χ4n) is 4.54. The Labute approximate surface area is 220 Å². The highest BCUT2D eigenvalue weighted by molar-refractivity contribution is 7.91. The van der Waals surface area contributed by atoms with Crippen LogP contribution in [0.3, 0.4) is 0 Å². The first kappa shape index (κ1) is 28.6. The van der Waals surface area contributed by atoms with Crippen molar-refractivity contribution in [3.63, 3.8) is 0 Å². The Balaban J connectivity index is 1.53. The van der Waals surface area contributed by atoms with Crippen molar-refractivity contribution in [1.29, 1.82) is 0 Å². The lowest BCUT2D eigenvalue weighted by Crippen LogP contribution is -2.35. The summed E-state index contributed by atoms with van der Waals surface area (Å²) in [6.07, 6.45) is 7.63. The lowest BCUT2D eigenvalue weighted by atomic mass is 9.98. The van der Waals surface area contributed by atoms with Crippen LogP contribution in [0.15, 0.2) is 40.6 Å². The summed E-state index contributed by atoms with van der Waals surface area (Å²) >= 11 is 1.23. The Kier molecular flexibility index (Phi) is 11.2. The molecule has 0 spiro atoms. The van der Waals surface area contributed by atoms with Crippen molar-refractivity contribution in [2.24, 2.45) is 5.92 Å². The number of amides is 1. The van der Waals surface area contributed by atoms with Gasteiger partial charge in [-0.1, -0.05) is 39.2 Å². The smallest absolute Gasteiger partial charge is 0.252 e. The molecule has 1 aliphatic rings. The second-order valence-corrected chi connectivity index (χ2v) is 12.8. The monoisotopic (exact) mass is 535 g/mol. The number of carbonyl (C=O) groups is 1. The van der Waals surface area contributed by atoms with E-state index in [0.717, 1.165) is 30.7 Å². The third-order valence-corrected chi connectivity index (χ3v) is 10.4. The second-order valence-electron chi connectivity index (χ2n) is 9.49. The highest BCUT2D eigenvalue weighted by atomic mass is 32.2.